The molecule has 0 aliphatic carbocycles. The van der Waals surface area contributed by atoms with Crippen LogP contribution < -0.4 is 0 Å². The van der Waals surface area contributed by atoms with Crippen LogP contribution in [0.15, 0.2) is 0 Å². The highest BCUT2D eigenvalue weighted by molar-refractivity contribution is 4.96. The van der Waals surface area contributed by atoms with Gasteiger partial charge in [-0.1, -0.05) is 19.8 Å². The molecule has 2 aliphatic heterocycles. The van der Waals surface area contributed by atoms with E-state index < -0.39 is 24.1 Å². The van der Waals surface area contributed by atoms with Gasteiger partial charge < -0.3 is 29.2 Å². The van der Waals surface area contributed by atoms with Crippen LogP contribution >= 0.6 is 0 Å². The van der Waals surface area contributed by atoms with E-state index in [4.69, 9.17) is 18.9 Å². The Bertz CT molecular complexity index is 266. The van der Waals surface area contributed by atoms with Gasteiger partial charge in [-0.3, -0.25) is 0 Å². The lowest BCUT2D eigenvalue weighted by molar-refractivity contribution is -0.258. The fraction of sp³-hybridized carbons (Fsp3) is 1.00. The molecule has 0 radical (unpaired) electrons. The molecule has 0 aromatic rings. The molecule has 2 fully saturated rings. The molecule has 2 N–H and O–H groups in total. The second kappa shape index (κ2) is 6.97. The van der Waals surface area contributed by atoms with Crippen molar-refractivity contribution in [1.82, 2.24) is 0 Å². The van der Waals surface area contributed by atoms with Crippen LogP contribution in [0.25, 0.3) is 0 Å². The van der Waals surface area contributed by atoms with Gasteiger partial charge in [0, 0.05) is 6.61 Å². The first-order valence-corrected chi connectivity index (χ1v) is 7.03. The van der Waals surface area contributed by atoms with Gasteiger partial charge in [0.1, 0.15) is 24.9 Å². The number of aliphatic hydroxyl groups is 2. The highest BCUT2D eigenvalue weighted by Crippen LogP contribution is 2.33. The lowest BCUT2D eigenvalue weighted by Gasteiger charge is -2.34. The van der Waals surface area contributed by atoms with Crippen LogP contribution in [-0.2, 0) is 18.9 Å². The van der Waals surface area contributed by atoms with E-state index in [0.29, 0.717) is 19.8 Å². The van der Waals surface area contributed by atoms with Crippen molar-refractivity contribution in [3.05, 3.63) is 0 Å². The standard InChI is InChI=1S/C13H24O6/c1-2-3-4-5-16-11-10(15)8-17-12(11)13(9-14)18-6-7-19-13/h10-12,14-15H,2-9H2,1H3/t10-,11+,12-/m0/s1. The summed E-state index contributed by atoms with van der Waals surface area (Å²) in [6.07, 6.45) is 1.34. The van der Waals surface area contributed by atoms with Gasteiger partial charge in [-0.15, -0.1) is 0 Å². The summed E-state index contributed by atoms with van der Waals surface area (Å²) in [4.78, 5) is 0. The third kappa shape index (κ3) is 3.26. The highest BCUT2D eigenvalue weighted by atomic mass is 16.8. The molecular weight excluding hydrogens is 252 g/mol. The Morgan fingerprint density at radius 1 is 1.26 bits per heavy atom. The summed E-state index contributed by atoms with van der Waals surface area (Å²) in [6, 6.07) is 0. The lowest BCUT2D eigenvalue weighted by atomic mass is 10.0. The predicted octanol–water partition coefficient (Wildman–Crippen LogP) is 0.0569. The molecule has 0 aromatic heterocycles. The molecule has 0 unspecified atom stereocenters. The van der Waals surface area contributed by atoms with E-state index in [0.717, 1.165) is 19.3 Å². The zero-order valence-corrected chi connectivity index (χ0v) is 11.4. The van der Waals surface area contributed by atoms with Gasteiger partial charge in [0.2, 0.25) is 5.79 Å². The maximum absolute atomic E-state index is 9.94. The van der Waals surface area contributed by atoms with Crippen molar-refractivity contribution in [1.29, 1.82) is 0 Å². The molecule has 6 nitrogen and oxygen atoms in total. The molecule has 0 saturated carbocycles. The van der Waals surface area contributed by atoms with E-state index in [1.807, 2.05) is 0 Å². The molecule has 0 bridgehead atoms. The number of ether oxygens (including phenoxy) is 4. The Balaban J connectivity index is 1.94. The summed E-state index contributed by atoms with van der Waals surface area (Å²) in [6.45, 7) is 3.39. The molecule has 19 heavy (non-hydrogen) atoms. The summed E-state index contributed by atoms with van der Waals surface area (Å²) >= 11 is 0. The monoisotopic (exact) mass is 276 g/mol. The van der Waals surface area contributed by atoms with Crippen LogP contribution in [0.1, 0.15) is 26.2 Å². The molecule has 3 atom stereocenters. The van der Waals surface area contributed by atoms with E-state index in [1.54, 1.807) is 0 Å². The minimum atomic E-state index is -1.19. The fourth-order valence-corrected chi connectivity index (χ4v) is 2.56. The van der Waals surface area contributed by atoms with Crippen molar-refractivity contribution in [2.75, 3.05) is 33.0 Å². The van der Waals surface area contributed by atoms with Crippen molar-refractivity contribution >= 4 is 0 Å². The molecule has 112 valence electrons. The van der Waals surface area contributed by atoms with Crippen LogP contribution in [0.4, 0.5) is 0 Å². The van der Waals surface area contributed by atoms with Gasteiger partial charge in [0.25, 0.3) is 0 Å². The lowest BCUT2D eigenvalue weighted by Crippen LogP contribution is -2.53. The Kier molecular flexibility index (Phi) is 5.56. The van der Waals surface area contributed by atoms with Crippen molar-refractivity contribution in [3.8, 4) is 0 Å². The molecule has 0 spiro atoms. The Hall–Kier alpha value is -0.240. The normalized spacial score (nSPS) is 33.9. The number of unbranched alkanes of at least 4 members (excludes halogenated alkanes) is 2. The van der Waals surface area contributed by atoms with Crippen LogP contribution in [0, 0.1) is 0 Å². The van der Waals surface area contributed by atoms with Crippen molar-refractivity contribution in [3.63, 3.8) is 0 Å². The van der Waals surface area contributed by atoms with Gasteiger partial charge in [-0.2, -0.15) is 0 Å². The third-order valence-electron chi connectivity index (χ3n) is 3.61. The Morgan fingerprint density at radius 2 is 2.00 bits per heavy atom. The first-order chi connectivity index (χ1) is 9.23. The summed E-state index contributed by atoms with van der Waals surface area (Å²) in [5.74, 6) is -1.19. The van der Waals surface area contributed by atoms with Gasteiger partial charge in [-0.25, -0.2) is 0 Å². The SMILES string of the molecule is CCCCCO[C@@H]1[C@@H](O)CO[C@@H]1C1(CO)OCCO1. The summed E-state index contributed by atoms with van der Waals surface area (Å²) < 4.78 is 22.2. The van der Waals surface area contributed by atoms with Crippen LogP contribution in [0.3, 0.4) is 0 Å². The minimum absolute atomic E-state index is 0.178. The first-order valence-electron chi connectivity index (χ1n) is 7.03. The van der Waals surface area contributed by atoms with E-state index >= 15 is 0 Å². The fourth-order valence-electron chi connectivity index (χ4n) is 2.56. The van der Waals surface area contributed by atoms with E-state index in [2.05, 4.69) is 6.92 Å². The number of hydrogen-bond donors (Lipinski definition) is 2. The van der Waals surface area contributed by atoms with Crippen molar-refractivity contribution in [2.45, 2.75) is 50.3 Å². The first kappa shape index (κ1) is 15.2. The third-order valence-corrected chi connectivity index (χ3v) is 3.61. The maximum atomic E-state index is 9.94. The molecule has 0 aromatic carbocycles. The summed E-state index contributed by atoms with van der Waals surface area (Å²) in [5, 5.41) is 19.5. The molecule has 2 aliphatic rings. The second-order valence-electron chi connectivity index (χ2n) is 5.03. The van der Waals surface area contributed by atoms with Crippen LogP contribution in [-0.4, -0.2) is 67.3 Å². The zero-order chi connectivity index (χ0) is 13.7. The van der Waals surface area contributed by atoms with Gasteiger partial charge in [0.15, 0.2) is 0 Å². The molecular formula is C13H24O6. The Morgan fingerprint density at radius 3 is 2.63 bits per heavy atom. The average molecular weight is 276 g/mol. The molecule has 2 rings (SSSR count). The predicted molar refractivity (Wildman–Crippen MR) is 66.7 cm³/mol. The number of aliphatic hydroxyl groups excluding tert-OH is 2. The van der Waals surface area contributed by atoms with Gasteiger partial charge >= 0.3 is 0 Å². The summed E-state index contributed by atoms with van der Waals surface area (Å²) in [7, 11) is 0. The minimum Gasteiger partial charge on any atom is -0.391 e. The summed E-state index contributed by atoms with van der Waals surface area (Å²) in [5.41, 5.74) is 0. The Labute approximate surface area is 113 Å². The molecule has 2 heterocycles. The topological polar surface area (TPSA) is 77.4 Å². The molecule has 6 heteroatoms. The highest BCUT2D eigenvalue weighted by Gasteiger charge is 2.54. The van der Waals surface area contributed by atoms with Crippen LogP contribution in [0.2, 0.25) is 0 Å². The largest absolute Gasteiger partial charge is 0.391 e. The molecule has 2 saturated heterocycles. The molecule has 0 amide bonds. The van der Waals surface area contributed by atoms with E-state index in [1.165, 1.54) is 0 Å². The van der Waals surface area contributed by atoms with Crippen LogP contribution in [0.5, 0.6) is 0 Å². The smallest absolute Gasteiger partial charge is 0.221 e. The quantitative estimate of drug-likeness (QED) is 0.640. The second-order valence-corrected chi connectivity index (χ2v) is 5.03. The van der Waals surface area contributed by atoms with Gasteiger partial charge in [-0.05, 0) is 6.42 Å². The van der Waals surface area contributed by atoms with Crippen molar-refractivity contribution < 1.29 is 29.2 Å². The van der Waals surface area contributed by atoms with E-state index in [9.17, 15) is 10.2 Å². The maximum Gasteiger partial charge on any atom is 0.221 e. The number of hydrogen-bond acceptors (Lipinski definition) is 6. The number of rotatable bonds is 7. The van der Waals surface area contributed by atoms with Gasteiger partial charge in [0.05, 0.1) is 19.8 Å². The van der Waals surface area contributed by atoms with E-state index in [-0.39, 0.29) is 13.2 Å². The zero-order valence-electron chi connectivity index (χ0n) is 11.4. The average Bonchev–Trinajstić information content (AvgIpc) is 3.03. The van der Waals surface area contributed by atoms with Crippen molar-refractivity contribution in [2.24, 2.45) is 0 Å².